The van der Waals surface area contributed by atoms with E-state index in [4.69, 9.17) is 4.74 Å². The Balaban J connectivity index is 2.83. The van der Waals surface area contributed by atoms with Crippen molar-refractivity contribution in [2.24, 2.45) is 5.92 Å². The first-order valence-corrected chi connectivity index (χ1v) is 7.31. The van der Waals surface area contributed by atoms with E-state index in [-0.39, 0.29) is 11.1 Å². The molecule has 0 aliphatic carbocycles. The van der Waals surface area contributed by atoms with Gasteiger partial charge >= 0.3 is 0 Å². The van der Waals surface area contributed by atoms with Gasteiger partial charge in [0.25, 0.3) is 0 Å². The van der Waals surface area contributed by atoms with Gasteiger partial charge in [0, 0.05) is 23.6 Å². The average molecular weight is 241 g/mol. The van der Waals surface area contributed by atoms with E-state index >= 15 is 0 Å². The van der Waals surface area contributed by atoms with E-state index in [1.807, 2.05) is 0 Å². The van der Waals surface area contributed by atoms with Crippen LogP contribution in [0.15, 0.2) is 0 Å². The molecular weight excluding hydrogens is 210 g/mol. The average Bonchev–Trinajstić information content (AvgIpc) is 2.32. The largest absolute Gasteiger partial charge is 0.378 e. The number of hydrogen-bond acceptors (Lipinski definition) is 2. The lowest BCUT2D eigenvalue weighted by atomic mass is 9.70. The highest BCUT2D eigenvalue weighted by Crippen LogP contribution is 2.38. The molecule has 17 heavy (non-hydrogen) atoms. The third-order valence-corrected chi connectivity index (χ3v) is 4.85. The first kappa shape index (κ1) is 15.0. The zero-order valence-corrected chi connectivity index (χ0v) is 12.6. The van der Waals surface area contributed by atoms with Crippen LogP contribution in [0.2, 0.25) is 0 Å². The van der Waals surface area contributed by atoms with Crippen molar-refractivity contribution in [2.75, 3.05) is 6.61 Å². The predicted molar refractivity (Wildman–Crippen MR) is 74.3 cm³/mol. The number of ether oxygens (including phenoxy) is 1. The van der Waals surface area contributed by atoms with E-state index in [0.717, 1.165) is 25.9 Å². The van der Waals surface area contributed by atoms with E-state index in [9.17, 15) is 0 Å². The molecule has 0 saturated carbocycles. The van der Waals surface area contributed by atoms with Gasteiger partial charge in [0.2, 0.25) is 0 Å². The molecule has 1 aliphatic heterocycles. The molecule has 0 amide bonds. The van der Waals surface area contributed by atoms with Crippen LogP contribution >= 0.6 is 0 Å². The summed E-state index contributed by atoms with van der Waals surface area (Å²) in [5.74, 6) is 0.582. The summed E-state index contributed by atoms with van der Waals surface area (Å²) in [5.41, 5.74) is 0.442. The Hall–Kier alpha value is -0.0800. The second kappa shape index (κ2) is 5.71. The summed E-state index contributed by atoms with van der Waals surface area (Å²) >= 11 is 0. The minimum absolute atomic E-state index is 0.210. The molecule has 0 aromatic heterocycles. The lowest BCUT2D eigenvalue weighted by Gasteiger charge is -2.53. The Labute approximate surface area is 108 Å². The van der Waals surface area contributed by atoms with Crippen molar-refractivity contribution in [3.8, 4) is 0 Å². The standard InChI is InChI=1S/C15H31NO/c1-7-10-17-13-11-14(5,8-2)16-15(6,9-3)12(13)4/h12-13,16H,7-11H2,1-6H3. The van der Waals surface area contributed by atoms with E-state index in [2.05, 4.69) is 46.9 Å². The molecule has 1 heterocycles. The molecule has 0 aromatic carbocycles. The summed E-state index contributed by atoms with van der Waals surface area (Å²) < 4.78 is 6.10. The lowest BCUT2D eigenvalue weighted by molar-refractivity contribution is -0.0719. The fourth-order valence-corrected chi connectivity index (χ4v) is 3.00. The molecule has 1 N–H and O–H groups in total. The summed E-state index contributed by atoms with van der Waals surface area (Å²) in [6.45, 7) is 14.7. The van der Waals surface area contributed by atoms with Gasteiger partial charge in [-0.1, -0.05) is 27.7 Å². The second-order valence-electron chi connectivity index (χ2n) is 6.21. The van der Waals surface area contributed by atoms with Crippen molar-refractivity contribution in [1.29, 1.82) is 0 Å². The second-order valence-corrected chi connectivity index (χ2v) is 6.21. The smallest absolute Gasteiger partial charge is 0.0635 e. The Morgan fingerprint density at radius 2 is 1.82 bits per heavy atom. The van der Waals surface area contributed by atoms with Crippen LogP contribution in [0.5, 0.6) is 0 Å². The highest BCUT2D eigenvalue weighted by atomic mass is 16.5. The molecule has 0 spiro atoms. The lowest BCUT2D eigenvalue weighted by Crippen LogP contribution is -2.66. The summed E-state index contributed by atoms with van der Waals surface area (Å²) in [7, 11) is 0. The van der Waals surface area contributed by atoms with Crippen LogP contribution in [0.3, 0.4) is 0 Å². The Bertz CT molecular complexity index is 243. The SMILES string of the molecule is CCCOC1CC(C)(CC)NC(C)(CC)C1C. The van der Waals surface area contributed by atoms with E-state index < -0.39 is 0 Å². The molecule has 2 heteroatoms. The van der Waals surface area contributed by atoms with Crippen molar-refractivity contribution in [1.82, 2.24) is 5.32 Å². The first-order valence-electron chi connectivity index (χ1n) is 7.31. The van der Waals surface area contributed by atoms with Crippen molar-refractivity contribution in [3.63, 3.8) is 0 Å². The number of piperidine rings is 1. The van der Waals surface area contributed by atoms with Gasteiger partial charge in [0.15, 0.2) is 0 Å². The highest BCUT2D eigenvalue weighted by Gasteiger charge is 2.46. The summed E-state index contributed by atoms with van der Waals surface area (Å²) in [6, 6.07) is 0. The highest BCUT2D eigenvalue weighted by molar-refractivity contribution is 5.04. The molecule has 1 rings (SSSR count). The summed E-state index contributed by atoms with van der Waals surface area (Å²) in [5, 5.41) is 3.88. The van der Waals surface area contributed by atoms with Crippen LogP contribution in [-0.2, 0) is 4.74 Å². The van der Waals surface area contributed by atoms with E-state index in [1.54, 1.807) is 0 Å². The van der Waals surface area contributed by atoms with Crippen molar-refractivity contribution >= 4 is 0 Å². The maximum atomic E-state index is 6.10. The van der Waals surface area contributed by atoms with Crippen LogP contribution in [0.25, 0.3) is 0 Å². The van der Waals surface area contributed by atoms with Crippen LogP contribution in [0.1, 0.15) is 67.2 Å². The molecule has 1 fully saturated rings. The molecular formula is C15H31NO. The zero-order valence-electron chi connectivity index (χ0n) is 12.6. The van der Waals surface area contributed by atoms with Gasteiger partial charge in [-0.15, -0.1) is 0 Å². The van der Waals surface area contributed by atoms with Crippen LogP contribution in [-0.4, -0.2) is 23.8 Å². The van der Waals surface area contributed by atoms with Gasteiger partial charge in [-0.25, -0.2) is 0 Å². The Morgan fingerprint density at radius 1 is 1.18 bits per heavy atom. The van der Waals surface area contributed by atoms with Crippen molar-refractivity contribution in [3.05, 3.63) is 0 Å². The first-order chi connectivity index (χ1) is 7.90. The number of hydrogen-bond donors (Lipinski definition) is 1. The summed E-state index contributed by atoms with van der Waals surface area (Å²) in [6.07, 6.45) is 4.99. The van der Waals surface area contributed by atoms with E-state index in [0.29, 0.717) is 12.0 Å². The molecule has 0 aromatic rings. The normalized spacial score (nSPS) is 42.7. The fraction of sp³-hybridized carbons (Fsp3) is 1.00. The maximum Gasteiger partial charge on any atom is 0.0635 e. The maximum absolute atomic E-state index is 6.10. The number of nitrogens with one attached hydrogen (secondary N) is 1. The summed E-state index contributed by atoms with van der Waals surface area (Å²) in [4.78, 5) is 0. The molecule has 1 aliphatic rings. The fourth-order valence-electron chi connectivity index (χ4n) is 3.00. The van der Waals surface area contributed by atoms with Gasteiger partial charge in [-0.2, -0.15) is 0 Å². The quantitative estimate of drug-likeness (QED) is 0.791. The molecule has 4 atom stereocenters. The Morgan fingerprint density at radius 3 is 2.29 bits per heavy atom. The zero-order chi connectivity index (χ0) is 13.1. The Kier molecular flexibility index (Phi) is 5.03. The van der Waals surface area contributed by atoms with Crippen LogP contribution < -0.4 is 5.32 Å². The molecule has 102 valence electrons. The van der Waals surface area contributed by atoms with Gasteiger partial charge in [0.1, 0.15) is 0 Å². The van der Waals surface area contributed by atoms with Crippen molar-refractivity contribution < 1.29 is 4.74 Å². The van der Waals surface area contributed by atoms with Gasteiger partial charge in [0.05, 0.1) is 6.10 Å². The third-order valence-electron chi connectivity index (χ3n) is 4.85. The molecule has 0 radical (unpaired) electrons. The third kappa shape index (κ3) is 3.23. The molecule has 0 bridgehead atoms. The van der Waals surface area contributed by atoms with Gasteiger partial charge in [-0.3, -0.25) is 0 Å². The van der Waals surface area contributed by atoms with Gasteiger partial charge < -0.3 is 10.1 Å². The molecule has 2 nitrogen and oxygen atoms in total. The van der Waals surface area contributed by atoms with E-state index in [1.165, 1.54) is 6.42 Å². The molecule has 1 saturated heterocycles. The van der Waals surface area contributed by atoms with Crippen LogP contribution in [0.4, 0.5) is 0 Å². The number of rotatable bonds is 5. The van der Waals surface area contributed by atoms with Gasteiger partial charge in [-0.05, 0) is 39.5 Å². The molecule has 4 unspecified atom stereocenters. The van der Waals surface area contributed by atoms with Crippen LogP contribution in [0, 0.1) is 5.92 Å². The van der Waals surface area contributed by atoms with Crippen molar-refractivity contribution in [2.45, 2.75) is 84.4 Å². The monoisotopic (exact) mass is 241 g/mol. The predicted octanol–water partition coefficient (Wildman–Crippen LogP) is 3.75. The minimum atomic E-state index is 0.210. The minimum Gasteiger partial charge on any atom is -0.378 e. The topological polar surface area (TPSA) is 21.3 Å².